The van der Waals surface area contributed by atoms with Crippen molar-refractivity contribution in [2.75, 3.05) is 113 Å². The number of pyridine rings is 2. The van der Waals surface area contributed by atoms with E-state index in [0.29, 0.717) is 94.2 Å². The second-order valence-corrected chi connectivity index (χ2v) is 18.1. The van der Waals surface area contributed by atoms with Gasteiger partial charge in [-0.3, -0.25) is 48.9 Å². The molecule has 4 N–H and O–H groups in total. The van der Waals surface area contributed by atoms with Crippen molar-refractivity contribution in [1.82, 2.24) is 34.7 Å². The molecule has 5 heterocycles. The molecule has 7 rings (SSSR count). The highest BCUT2D eigenvalue weighted by Crippen LogP contribution is 2.33. The summed E-state index contributed by atoms with van der Waals surface area (Å²) in [5.74, 6) is -0.390. The first kappa shape index (κ1) is 53.0. The van der Waals surface area contributed by atoms with Gasteiger partial charge in [-0.2, -0.15) is 4.98 Å². The van der Waals surface area contributed by atoms with E-state index in [2.05, 4.69) is 46.0 Å². The molecule has 0 unspecified atom stereocenters. The third kappa shape index (κ3) is 14.4. The van der Waals surface area contributed by atoms with Gasteiger partial charge in [-0.25, -0.2) is 15.0 Å². The monoisotopic (exact) mass is 1010 g/mol. The fourth-order valence-electron chi connectivity index (χ4n) is 8.46. The number of piperazine rings is 1. The maximum absolute atomic E-state index is 13.6. The standard InChI is InChI=1S/C48H60N12O11S/c1-31-37-29-51-47(55-43(37)59(34-8-4-5-9-34)45(65)42(31)33(3)61)54-39-13-12-35(28-50-39)58-18-16-57(17-19-58)30-41(63)49-15-21-69-23-25-71-27-26-70-24-22-68-20-14-40(62)53-38-11-7-6-10-36(38)44(64)56-48-52-32(2)46(72-48)60(66)67/h6-7,10-13,28-29,34H,4-5,8-9,14-27,30H2,1-3H3,(H,49,63)(H,53,62)(H,52,56,64)(H,50,51,54,55). The van der Waals surface area contributed by atoms with Gasteiger partial charge in [0.05, 0.1) is 99.4 Å². The summed E-state index contributed by atoms with van der Waals surface area (Å²) in [5.41, 5.74) is 2.62. The number of fused-ring (bicyclic) bond motifs is 1. The molecule has 2 fully saturated rings. The summed E-state index contributed by atoms with van der Waals surface area (Å²) >= 11 is 0.753. The Bertz CT molecular complexity index is 2760. The Morgan fingerprint density at radius 1 is 0.819 bits per heavy atom. The van der Waals surface area contributed by atoms with Gasteiger partial charge in [-0.15, -0.1) is 0 Å². The van der Waals surface area contributed by atoms with Gasteiger partial charge in [0.2, 0.25) is 17.8 Å². The molecule has 1 aliphatic carbocycles. The van der Waals surface area contributed by atoms with E-state index in [1.807, 2.05) is 12.1 Å². The average molecular weight is 1010 g/mol. The van der Waals surface area contributed by atoms with Gasteiger partial charge in [0.1, 0.15) is 17.2 Å². The number of thiazole rings is 1. The Morgan fingerprint density at radius 2 is 1.50 bits per heavy atom. The van der Waals surface area contributed by atoms with Crippen molar-refractivity contribution in [2.45, 2.75) is 58.9 Å². The third-order valence-corrected chi connectivity index (χ3v) is 13.1. The molecule has 23 nitrogen and oxygen atoms in total. The Labute approximate surface area is 419 Å². The van der Waals surface area contributed by atoms with Crippen LogP contribution in [0.1, 0.15) is 77.0 Å². The SMILES string of the molecule is CC(=O)c1c(C)c2cnc(Nc3ccc(N4CCN(CC(=O)NCCOCCOCCOCCOCCC(=O)Nc5ccccc5C(=O)Nc5nc(C)c([N+](=O)[O-])s5)CC4)cn3)nc2n(C2CCCC2)c1=O. The van der Waals surface area contributed by atoms with Gasteiger partial charge in [0, 0.05) is 50.3 Å². The minimum absolute atomic E-state index is 0.0116. The molecule has 3 amide bonds. The van der Waals surface area contributed by atoms with Crippen molar-refractivity contribution in [3.63, 3.8) is 0 Å². The number of rotatable bonds is 26. The number of anilines is 5. The summed E-state index contributed by atoms with van der Waals surface area (Å²) in [7, 11) is 0. The number of ether oxygens (including phenoxy) is 4. The molecule has 72 heavy (non-hydrogen) atoms. The highest BCUT2D eigenvalue weighted by Gasteiger charge is 2.27. The Kier molecular flexibility index (Phi) is 19.2. The lowest BCUT2D eigenvalue weighted by molar-refractivity contribution is -0.380. The highest BCUT2D eigenvalue weighted by molar-refractivity contribution is 7.19. The number of hydrogen-bond acceptors (Lipinski definition) is 19. The number of Topliss-reactive ketones (excluding diaryl/α,β-unsaturated/α-hetero) is 1. The van der Waals surface area contributed by atoms with E-state index in [1.165, 1.54) is 19.9 Å². The van der Waals surface area contributed by atoms with E-state index < -0.39 is 10.8 Å². The van der Waals surface area contributed by atoms with E-state index in [0.717, 1.165) is 55.8 Å². The molecule has 1 saturated carbocycles. The number of carbonyl (C=O) groups is 4. The number of nitro groups is 1. The first-order valence-corrected chi connectivity index (χ1v) is 24.7. The zero-order chi connectivity index (χ0) is 51.0. The summed E-state index contributed by atoms with van der Waals surface area (Å²) in [4.78, 5) is 96.8. The molecular weight excluding hydrogens is 953 g/mol. The molecule has 1 saturated heterocycles. The predicted molar refractivity (Wildman–Crippen MR) is 270 cm³/mol. The maximum Gasteiger partial charge on any atom is 0.348 e. The zero-order valence-electron chi connectivity index (χ0n) is 40.6. The van der Waals surface area contributed by atoms with Gasteiger partial charge in [-0.1, -0.05) is 25.0 Å². The molecule has 0 spiro atoms. The molecule has 1 aromatic carbocycles. The molecule has 0 radical (unpaired) electrons. The summed E-state index contributed by atoms with van der Waals surface area (Å²) in [6, 6.07) is 10.2. The number of aryl methyl sites for hydroxylation is 2. The van der Waals surface area contributed by atoms with Crippen molar-refractivity contribution in [3.8, 4) is 0 Å². The van der Waals surface area contributed by atoms with Crippen molar-refractivity contribution in [1.29, 1.82) is 0 Å². The van der Waals surface area contributed by atoms with Crippen LogP contribution < -0.4 is 31.7 Å². The number of ketones is 1. The highest BCUT2D eigenvalue weighted by atomic mass is 32.1. The minimum atomic E-state index is -0.567. The van der Waals surface area contributed by atoms with Crippen molar-refractivity contribution in [3.05, 3.63) is 91.6 Å². The summed E-state index contributed by atoms with van der Waals surface area (Å²) < 4.78 is 23.8. The van der Waals surface area contributed by atoms with Gasteiger partial charge in [0.15, 0.2) is 10.9 Å². The third-order valence-electron chi connectivity index (χ3n) is 12.1. The van der Waals surface area contributed by atoms with Crippen molar-refractivity contribution >= 4 is 79.1 Å². The number of nitrogens with one attached hydrogen (secondary N) is 4. The molecule has 2 aliphatic rings. The normalized spacial score (nSPS) is 14.1. The fraction of sp³-hybridized carbons (Fsp3) is 0.479. The van der Waals surface area contributed by atoms with Crippen molar-refractivity contribution < 1.29 is 43.0 Å². The van der Waals surface area contributed by atoms with Gasteiger partial charge in [0.25, 0.3) is 11.5 Å². The largest absolute Gasteiger partial charge is 0.379 e. The van der Waals surface area contributed by atoms with E-state index in [1.54, 1.807) is 42.1 Å². The van der Waals surface area contributed by atoms with Crippen LogP contribution in [0.5, 0.6) is 0 Å². The first-order valence-electron chi connectivity index (χ1n) is 23.9. The lowest BCUT2D eigenvalue weighted by Gasteiger charge is -2.35. The molecular formula is C48H60N12O11S. The van der Waals surface area contributed by atoms with Gasteiger partial charge in [-0.05, 0) is 74.8 Å². The van der Waals surface area contributed by atoms with Gasteiger partial charge < -0.3 is 39.8 Å². The number of aromatic nitrogens is 5. The second kappa shape index (κ2) is 26.0. The van der Waals surface area contributed by atoms with Crippen LogP contribution in [-0.2, 0) is 28.5 Å². The summed E-state index contributed by atoms with van der Waals surface area (Å²) in [6.45, 7) is 10.8. The number of nitrogens with zero attached hydrogens (tertiary/aromatic N) is 8. The number of benzene rings is 1. The van der Waals surface area contributed by atoms with E-state index in [9.17, 15) is 34.1 Å². The predicted octanol–water partition coefficient (Wildman–Crippen LogP) is 4.82. The fourth-order valence-corrected chi connectivity index (χ4v) is 9.24. The molecule has 384 valence electrons. The molecule has 0 atom stereocenters. The van der Waals surface area contributed by atoms with Crippen LogP contribution in [0.15, 0.2) is 53.6 Å². The summed E-state index contributed by atoms with van der Waals surface area (Å²) in [5, 5.41) is 23.1. The molecule has 1 aliphatic heterocycles. The van der Waals surface area contributed by atoms with Crippen molar-refractivity contribution in [2.24, 2.45) is 0 Å². The van der Waals surface area contributed by atoms with E-state index in [-0.39, 0.29) is 81.5 Å². The lowest BCUT2D eigenvalue weighted by Crippen LogP contribution is -2.49. The Hall–Kier alpha value is -6.83. The topological polar surface area (TPSA) is 276 Å². The number of amides is 3. The molecule has 0 bridgehead atoms. The number of para-hydroxylation sites is 1. The van der Waals surface area contributed by atoms with Crippen LogP contribution in [-0.4, -0.2) is 150 Å². The van der Waals surface area contributed by atoms with Crippen LogP contribution in [0.3, 0.4) is 0 Å². The van der Waals surface area contributed by atoms with Crippen LogP contribution in [0, 0.1) is 24.0 Å². The number of hydrogen-bond donors (Lipinski definition) is 4. The second-order valence-electron chi connectivity index (χ2n) is 17.2. The first-order chi connectivity index (χ1) is 34.9. The molecule has 4 aromatic heterocycles. The Balaban J connectivity index is 0.691. The minimum Gasteiger partial charge on any atom is -0.379 e. The quantitative estimate of drug-likeness (QED) is 0.0250. The number of carbonyl (C=O) groups excluding carboxylic acids is 4. The Morgan fingerprint density at radius 3 is 2.15 bits per heavy atom. The maximum atomic E-state index is 13.6. The zero-order valence-corrected chi connectivity index (χ0v) is 41.4. The van der Waals surface area contributed by atoms with Crippen LogP contribution in [0.25, 0.3) is 11.0 Å². The average Bonchev–Trinajstić information content (AvgIpc) is 4.03. The van der Waals surface area contributed by atoms with Crippen LogP contribution in [0.4, 0.5) is 33.3 Å². The summed E-state index contributed by atoms with van der Waals surface area (Å²) in [6.07, 6.45) is 7.27. The lowest BCUT2D eigenvalue weighted by atomic mass is 10.0. The molecule has 5 aromatic rings. The van der Waals surface area contributed by atoms with Crippen LogP contribution in [0.2, 0.25) is 0 Å². The van der Waals surface area contributed by atoms with Gasteiger partial charge >= 0.3 is 5.00 Å². The van der Waals surface area contributed by atoms with Crippen LogP contribution >= 0.6 is 11.3 Å². The molecule has 24 heteroatoms. The smallest absolute Gasteiger partial charge is 0.348 e. The van der Waals surface area contributed by atoms with E-state index in [4.69, 9.17) is 23.9 Å². The van der Waals surface area contributed by atoms with E-state index >= 15 is 0 Å².